The number of methoxy groups -OCH3 is 1. The largest absolute Gasteiger partial charge is 0.507 e. The molecule has 0 bridgehead atoms. The van der Waals surface area contributed by atoms with Crippen LogP contribution in [-0.4, -0.2) is 59.9 Å². The Kier molecular flexibility index (Phi) is 10.7. The predicted octanol–water partition coefficient (Wildman–Crippen LogP) is 2.29. The Morgan fingerprint density at radius 2 is 2.00 bits per heavy atom. The molecule has 1 aliphatic rings. The molecule has 1 fully saturated rings. The van der Waals surface area contributed by atoms with Crippen LogP contribution in [0.1, 0.15) is 59.3 Å². The number of aromatic hydroxyl groups is 1. The SMILES string of the molecule is COC(=O)c1c(O)cccc1OCCCCNCC1(Cc2ccc(C(C)S(=O)NC=O)cc2)CCC(=O)N1. The molecule has 0 spiro atoms. The highest BCUT2D eigenvalue weighted by Gasteiger charge is 2.37. The Morgan fingerprint density at radius 1 is 1.24 bits per heavy atom. The number of benzene rings is 2. The van der Waals surface area contributed by atoms with Crippen molar-refractivity contribution in [3.05, 3.63) is 59.2 Å². The molecule has 10 nitrogen and oxygen atoms in total. The third-order valence-corrected chi connectivity index (χ3v) is 7.82. The van der Waals surface area contributed by atoms with Crippen LogP contribution in [0.4, 0.5) is 0 Å². The van der Waals surface area contributed by atoms with E-state index in [0.717, 1.165) is 36.9 Å². The van der Waals surface area contributed by atoms with Gasteiger partial charge in [0.15, 0.2) is 0 Å². The number of unbranched alkanes of at least 4 members (excludes halogenated alkanes) is 1. The van der Waals surface area contributed by atoms with Gasteiger partial charge in [0.05, 0.1) is 24.5 Å². The average Bonchev–Trinajstić information content (AvgIpc) is 3.27. The summed E-state index contributed by atoms with van der Waals surface area (Å²) in [7, 11) is -0.241. The number of rotatable bonds is 15. The molecule has 1 heterocycles. The lowest BCUT2D eigenvalue weighted by atomic mass is 9.88. The van der Waals surface area contributed by atoms with Crippen LogP contribution >= 0.6 is 0 Å². The highest BCUT2D eigenvalue weighted by Crippen LogP contribution is 2.29. The first-order valence-electron chi connectivity index (χ1n) is 12.5. The molecular weight excluding hydrogens is 510 g/mol. The lowest BCUT2D eigenvalue weighted by molar-refractivity contribution is -0.119. The summed E-state index contributed by atoms with van der Waals surface area (Å²) in [5.74, 6) is -0.524. The van der Waals surface area contributed by atoms with Gasteiger partial charge in [-0.1, -0.05) is 30.3 Å². The normalized spacial score (nSPS) is 18.3. The zero-order chi connectivity index (χ0) is 27.5. The lowest BCUT2D eigenvalue weighted by Crippen LogP contribution is -2.51. The maximum Gasteiger partial charge on any atom is 0.345 e. The summed E-state index contributed by atoms with van der Waals surface area (Å²) in [5, 5.41) is 16.2. The van der Waals surface area contributed by atoms with Gasteiger partial charge in [-0.3, -0.25) is 14.3 Å². The molecule has 3 atom stereocenters. The van der Waals surface area contributed by atoms with E-state index in [4.69, 9.17) is 9.47 Å². The highest BCUT2D eigenvalue weighted by atomic mass is 32.2. The van der Waals surface area contributed by atoms with Crippen LogP contribution in [0.3, 0.4) is 0 Å². The van der Waals surface area contributed by atoms with E-state index < -0.39 is 17.0 Å². The first-order valence-corrected chi connectivity index (χ1v) is 13.7. The molecule has 2 amide bonds. The molecule has 0 saturated carbocycles. The summed E-state index contributed by atoms with van der Waals surface area (Å²) in [6, 6.07) is 12.4. The number of phenols is 1. The zero-order valence-electron chi connectivity index (χ0n) is 21.7. The molecule has 2 aromatic carbocycles. The van der Waals surface area contributed by atoms with Crippen molar-refractivity contribution in [2.45, 2.75) is 49.8 Å². The molecule has 0 aromatic heterocycles. The number of ether oxygens (including phenoxy) is 2. The predicted molar refractivity (Wildman–Crippen MR) is 143 cm³/mol. The molecule has 4 N–H and O–H groups in total. The molecule has 3 rings (SSSR count). The Morgan fingerprint density at radius 3 is 2.66 bits per heavy atom. The van der Waals surface area contributed by atoms with E-state index >= 15 is 0 Å². The first-order chi connectivity index (χ1) is 18.3. The number of nitrogens with one attached hydrogen (secondary N) is 3. The smallest absolute Gasteiger partial charge is 0.345 e. The minimum Gasteiger partial charge on any atom is -0.507 e. The van der Waals surface area contributed by atoms with Crippen LogP contribution < -0.4 is 20.1 Å². The number of hydrogen-bond donors (Lipinski definition) is 4. The monoisotopic (exact) mass is 545 g/mol. The second-order valence-corrected chi connectivity index (χ2v) is 10.8. The van der Waals surface area contributed by atoms with Crippen molar-refractivity contribution in [2.24, 2.45) is 0 Å². The number of phenolic OH excluding ortho intramolecular Hbond substituents is 1. The van der Waals surface area contributed by atoms with Crippen molar-refractivity contribution in [2.75, 3.05) is 26.8 Å². The fourth-order valence-electron chi connectivity index (χ4n) is 4.48. The molecular formula is C27H35N3O7S. The summed E-state index contributed by atoms with van der Waals surface area (Å²) in [6.07, 6.45) is 3.84. The van der Waals surface area contributed by atoms with Crippen molar-refractivity contribution in [3.8, 4) is 11.5 Å². The van der Waals surface area contributed by atoms with Gasteiger partial charge in [-0.05, 0) is 62.4 Å². The fourth-order valence-corrected chi connectivity index (χ4v) is 5.18. The maximum absolute atomic E-state index is 12.1. The minimum absolute atomic E-state index is 0.0143. The highest BCUT2D eigenvalue weighted by molar-refractivity contribution is 7.83. The average molecular weight is 546 g/mol. The van der Waals surface area contributed by atoms with Crippen molar-refractivity contribution in [3.63, 3.8) is 0 Å². The van der Waals surface area contributed by atoms with Gasteiger partial charge in [0, 0.05) is 13.0 Å². The second kappa shape index (κ2) is 13.9. The molecule has 1 saturated heterocycles. The number of hydrogen-bond acceptors (Lipinski definition) is 8. The Bertz CT molecular complexity index is 1140. The maximum atomic E-state index is 12.1. The molecule has 2 aromatic rings. The van der Waals surface area contributed by atoms with E-state index in [-0.39, 0.29) is 33.8 Å². The van der Waals surface area contributed by atoms with Crippen LogP contribution in [-0.2, 0) is 31.7 Å². The standard InChI is InChI=1S/C27H35N3O7S/c1-19(38(35)29-18-31)21-10-8-20(9-11-21)16-27(13-12-24(33)30-27)17-28-14-3-4-15-37-23-7-5-6-22(32)25(23)26(34)36-2/h5-11,18-19,28,32H,3-4,12-17H2,1-2H3,(H,29,31)(H,30,33). The van der Waals surface area contributed by atoms with E-state index in [9.17, 15) is 23.7 Å². The van der Waals surface area contributed by atoms with Crippen molar-refractivity contribution >= 4 is 29.3 Å². The van der Waals surface area contributed by atoms with E-state index in [1.54, 1.807) is 19.1 Å². The van der Waals surface area contributed by atoms with Crippen LogP contribution in [0.25, 0.3) is 0 Å². The van der Waals surface area contributed by atoms with Gasteiger partial charge in [-0.2, -0.15) is 0 Å². The van der Waals surface area contributed by atoms with Crippen LogP contribution in [0, 0.1) is 0 Å². The summed E-state index contributed by atoms with van der Waals surface area (Å²) < 4.78 is 24.7. The second-order valence-electron chi connectivity index (χ2n) is 9.30. The van der Waals surface area contributed by atoms with Crippen molar-refractivity contribution in [1.82, 2.24) is 15.4 Å². The molecule has 0 aliphatic carbocycles. The van der Waals surface area contributed by atoms with Crippen LogP contribution in [0.15, 0.2) is 42.5 Å². The van der Waals surface area contributed by atoms with E-state index in [1.807, 2.05) is 24.3 Å². The van der Waals surface area contributed by atoms with Gasteiger partial charge in [0.2, 0.25) is 12.3 Å². The van der Waals surface area contributed by atoms with Crippen LogP contribution in [0.2, 0.25) is 0 Å². The van der Waals surface area contributed by atoms with E-state index in [2.05, 4.69) is 15.4 Å². The quantitative estimate of drug-likeness (QED) is 0.152. The zero-order valence-corrected chi connectivity index (χ0v) is 22.5. The summed E-state index contributed by atoms with van der Waals surface area (Å²) in [4.78, 5) is 34.6. The van der Waals surface area contributed by atoms with Gasteiger partial charge in [-0.25, -0.2) is 9.00 Å². The Hall–Kier alpha value is -3.44. The minimum atomic E-state index is -1.49. The summed E-state index contributed by atoms with van der Waals surface area (Å²) in [6.45, 7) is 3.49. The van der Waals surface area contributed by atoms with E-state index in [1.165, 1.54) is 13.2 Å². The van der Waals surface area contributed by atoms with Crippen molar-refractivity contribution in [1.29, 1.82) is 0 Å². The Labute approximate surface area is 225 Å². The summed E-state index contributed by atoms with van der Waals surface area (Å²) in [5.41, 5.74) is 1.54. The van der Waals surface area contributed by atoms with Crippen LogP contribution in [0.5, 0.6) is 11.5 Å². The molecule has 1 aliphatic heterocycles. The lowest BCUT2D eigenvalue weighted by Gasteiger charge is -2.30. The van der Waals surface area contributed by atoms with Gasteiger partial charge in [0.1, 0.15) is 28.0 Å². The number of esters is 1. The summed E-state index contributed by atoms with van der Waals surface area (Å²) >= 11 is 0. The van der Waals surface area contributed by atoms with Gasteiger partial charge in [-0.15, -0.1) is 0 Å². The third-order valence-electron chi connectivity index (χ3n) is 6.57. The topological polar surface area (TPSA) is 143 Å². The number of carbonyl (C=O) groups excluding carboxylic acids is 3. The van der Waals surface area contributed by atoms with Gasteiger partial charge >= 0.3 is 5.97 Å². The van der Waals surface area contributed by atoms with Crippen molar-refractivity contribution < 1.29 is 33.2 Å². The third kappa shape index (κ3) is 7.78. The Balaban J connectivity index is 1.47. The molecule has 38 heavy (non-hydrogen) atoms. The fraction of sp³-hybridized carbons (Fsp3) is 0.444. The molecule has 0 radical (unpaired) electrons. The number of carbonyl (C=O) groups is 3. The molecule has 3 unspecified atom stereocenters. The van der Waals surface area contributed by atoms with Gasteiger partial charge in [0.25, 0.3) is 0 Å². The first kappa shape index (κ1) is 29.1. The number of amides is 2. The van der Waals surface area contributed by atoms with E-state index in [0.29, 0.717) is 32.4 Å². The van der Waals surface area contributed by atoms with Gasteiger partial charge < -0.3 is 25.2 Å². The molecule has 206 valence electrons. The molecule has 11 heteroatoms.